The van der Waals surface area contributed by atoms with Gasteiger partial charge >= 0.3 is 6.18 Å². The lowest BCUT2D eigenvalue weighted by molar-refractivity contribution is -0.172. The number of hydrogen-bond donors (Lipinski definition) is 0. The molecule has 0 saturated heterocycles. The fourth-order valence-corrected chi connectivity index (χ4v) is 2.99. The number of oxazole rings is 1. The molecule has 3 rings (SSSR count). The van der Waals surface area contributed by atoms with Gasteiger partial charge in [0.2, 0.25) is 0 Å². The first-order valence-electron chi connectivity index (χ1n) is 7.92. The largest absolute Gasteiger partial charge is 0.431 e. The Morgan fingerprint density at radius 1 is 0.923 bits per heavy atom. The van der Waals surface area contributed by atoms with Crippen molar-refractivity contribution in [2.75, 3.05) is 19.0 Å². The van der Waals surface area contributed by atoms with Crippen LogP contribution in [0, 0.1) is 0 Å². The highest BCUT2D eigenvalue weighted by atomic mass is 32.2. The van der Waals surface area contributed by atoms with Gasteiger partial charge in [0.1, 0.15) is 12.3 Å². The number of rotatable bonds is 7. The number of hydrogen-bond acceptors (Lipinski definition) is 4. The summed E-state index contributed by atoms with van der Waals surface area (Å²) in [5.41, 5.74) is 2.50. The SMILES string of the molecule is FC(F)(F)COCCSc1nc(-c2ccccc2)c(-c2ccccc2)o1. The quantitative estimate of drug-likeness (QED) is 0.391. The van der Waals surface area contributed by atoms with Crippen molar-refractivity contribution in [3.63, 3.8) is 0 Å². The second kappa shape index (κ2) is 8.42. The van der Waals surface area contributed by atoms with Gasteiger partial charge < -0.3 is 9.15 Å². The molecular weight excluding hydrogens is 363 g/mol. The number of ether oxygens (including phenoxy) is 1. The summed E-state index contributed by atoms with van der Waals surface area (Å²) in [4.78, 5) is 4.52. The molecular formula is C19H16F3NO2S. The number of alkyl halides is 3. The Balaban J connectivity index is 1.75. The van der Waals surface area contributed by atoms with E-state index in [-0.39, 0.29) is 6.61 Å². The van der Waals surface area contributed by atoms with Crippen molar-refractivity contribution in [1.29, 1.82) is 0 Å². The van der Waals surface area contributed by atoms with Gasteiger partial charge in [-0.15, -0.1) is 0 Å². The zero-order chi connectivity index (χ0) is 18.4. The molecule has 136 valence electrons. The Morgan fingerprint density at radius 2 is 1.54 bits per heavy atom. The third-order valence-electron chi connectivity index (χ3n) is 3.41. The van der Waals surface area contributed by atoms with Crippen molar-refractivity contribution in [2.24, 2.45) is 0 Å². The van der Waals surface area contributed by atoms with Crippen LogP contribution in [-0.4, -0.2) is 30.1 Å². The molecule has 0 fully saturated rings. The molecule has 0 saturated carbocycles. The van der Waals surface area contributed by atoms with Gasteiger partial charge in [0, 0.05) is 16.9 Å². The Morgan fingerprint density at radius 3 is 2.15 bits per heavy atom. The molecule has 3 nitrogen and oxygen atoms in total. The van der Waals surface area contributed by atoms with Gasteiger partial charge in [-0.1, -0.05) is 72.4 Å². The highest BCUT2D eigenvalue weighted by Gasteiger charge is 2.27. The summed E-state index contributed by atoms with van der Waals surface area (Å²) >= 11 is 1.23. The topological polar surface area (TPSA) is 35.3 Å². The average molecular weight is 379 g/mol. The number of aromatic nitrogens is 1. The van der Waals surface area contributed by atoms with Crippen LogP contribution < -0.4 is 0 Å². The van der Waals surface area contributed by atoms with E-state index in [1.165, 1.54) is 11.8 Å². The molecule has 1 aromatic heterocycles. The van der Waals surface area contributed by atoms with Crippen molar-refractivity contribution in [3.05, 3.63) is 60.7 Å². The summed E-state index contributed by atoms with van der Waals surface area (Å²) in [6.07, 6.45) is -4.31. The maximum absolute atomic E-state index is 12.1. The molecule has 0 bridgehead atoms. The third-order valence-corrected chi connectivity index (χ3v) is 4.20. The van der Waals surface area contributed by atoms with E-state index >= 15 is 0 Å². The number of nitrogens with zero attached hydrogens (tertiary/aromatic N) is 1. The minimum atomic E-state index is -4.31. The zero-order valence-electron chi connectivity index (χ0n) is 13.7. The van der Waals surface area contributed by atoms with Crippen LogP contribution in [0.15, 0.2) is 70.3 Å². The summed E-state index contributed by atoms with van der Waals surface area (Å²) in [7, 11) is 0. The molecule has 3 aromatic rings. The Kier molecular flexibility index (Phi) is 6.00. The molecule has 0 aliphatic rings. The van der Waals surface area contributed by atoms with Gasteiger partial charge in [-0.05, 0) is 0 Å². The Bertz CT molecular complexity index is 763. The van der Waals surface area contributed by atoms with E-state index in [1.807, 2.05) is 60.7 Å². The lowest BCUT2D eigenvalue weighted by Gasteiger charge is -2.06. The summed E-state index contributed by atoms with van der Waals surface area (Å²) in [6, 6.07) is 19.2. The first kappa shape index (κ1) is 18.5. The van der Waals surface area contributed by atoms with E-state index in [4.69, 9.17) is 4.42 Å². The van der Waals surface area contributed by atoms with Crippen LogP contribution in [0.1, 0.15) is 0 Å². The van der Waals surface area contributed by atoms with Crippen molar-refractivity contribution < 1.29 is 22.3 Å². The Hall–Kier alpha value is -2.25. The van der Waals surface area contributed by atoms with E-state index in [2.05, 4.69) is 9.72 Å². The van der Waals surface area contributed by atoms with Crippen LogP contribution in [0.3, 0.4) is 0 Å². The molecule has 0 spiro atoms. The van der Waals surface area contributed by atoms with Crippen LogP contribution >= 0.6 is 11.8 Å². The van der Waals surface area contributed by atoms with Crippen LogP contribution in [0.2, 0.25) is 0 Å². The number of thioether (sulfide) groups is 1. The molecule has 0 aliphatic carbocycles. The van der Waals surface area contributed by atoms with E-state index in [0.717, 1.165) is 11.1 Å². The van der Waals surface area contributed by atoms with Crippen LogP contribution in [0.25, 0.3) is 22.6 Å². The summed E-state index contributed by atoms with van der Waals surface area (Å²) in [6.45, 7) is -1.28. The number of benzene rings is 2. The van der Waals surface area contributed by atoms with Crippen molar-refractivity contribution >= 4 is 11.8 Å². The standard InChI is InChI=1S/C19H16F3NO2S/c20-19(21,22)13-24-11-12-26-18-23-16(14-7-3-1-4-8-14)17(25-18)15-9-5-2-6-10-15/h1-10H,11-13H2. The predicted molar refractivity (Wildman–Crippen MR) is 95.0 cm³/mol. The summed E-state index contributed by atoms with van der Waals surface area (Å²) in [5.74, 6) is 0.953. The van der Waals surface area contributed by atoms with E-state index in [0.29, 0.717) is 22.4 Å². The fraction of sp³-hybridized carbons (Fsp3) is 0.211. The molecule has 0 unspecified atom stereocenters. The van der Waals surface area contributed by atoms with Crippen molar-refractivity contribution in [1.82, 2.24) is 4.98 Å². The average Bonchev–Trinajstić information content (AvgIpc) is 3.06. The molecule has 2 aromatic carbocycles. The normalized spacial score (nSPS) is 11.7. The monoisotopic (exact) mass is 379 g/mol. The molecule has 1 heterocycles. The molecule has 26 heavy (non-hydrogen) atoms. The smallest absolute Gasteiger partial charge is 0.411 e. The van der Waals surface area contributed by atoms with Gasteiger partial charge in [0.25, 0.3) is 5.22 Å². The van der Waals surface area contributed by atoms with Gasteiger partial charge in [-0.3, -0.25) is 0 Å². The van der Waals surface area contributed by atoms with Gasteiger partial charge in [-0.2, -0.15) is 13.2 Å². The minimum absolute atomic E-state index is 0.0338. The molecule has 0 N–H and O–H groups in total. The first-order valence-corrected chi connectivity index (χ1v) is 8.90. The second-order valence-electron chi connectivity index (χ2n) is 5.41. The van der Waals surface area contributed by atoms with E-state index in [1.54, 1.807) is 0 Å². The number of halogens is 3. The Labute approximate surface area is 153 Å². The maximum Gasteiger partial charge on any atom is 0.411 e. The molecule has 0 amide bonds. The summed E-state index contributed by atoms with van der Waals surface area (Å²) < 4.78 is 46.7. The fourth-order valence-electron chi connectivity index (χ4n) is 2.31. The van der Waals surface area contributed by atoms with Crippen molar-refractivity contribution in [3.8, 4) is 22.6 Å². The predicted octanol–water partition coefficient (Wildman–Crippen LogP) is 5.68. The maximum atomic E-state index is 12.1. The lowest BCUT2D eigenvalue weighted by Crippen LogP contribution is -2.17. The van der Waals surface area contributed by atoms with Crippen LogP contribution in [0.5, 0.6) is 0 Å². The van der Waals surface area contributed by atoms with E-state index < -0.39 is 12.8 Å². The molecule has 0 aliphatic heterocycles. The van der Waals surface area contributed by atoms with Crippen LogP contribution in [0.4, 0.5) is 13.2 Å². The lowest BCUT2D eigenvalue weighted by atomic mass is 10.1. The van der Waals surface area contributed by atoms with Gasteiger partial charge in [0.15, 0.2) is 5.76 Å². The summed E-state index contributed by atoms with van der Waals surface area (Å²) in [5, 5.41) is 0.401. The highest BCUT2D eigenvalue weighted by molar-refractivity contribution is 7.99. The molecule has 0 atom stereocenters. The first-order chi connectivity index (χ1) is 12.5. The zero-order valence-corrected chi connectivity index (χ0v) is 14.5. The molecule has 0 radical (unpaired) electrons. The molecule has 7 heteroatoms. The van der Waals surface area contributed by atoms with Gasteiger partial charge in [-0.25, -0.2) is 4.98 Å². The second-order valence-corrected chi connectivity index (χ2v) is 6.45. The van der Waals surface area contributed by atoms with Gasteiger partial charge in [0.05, 0.1) is 6.61 Å². The third kappa shape index (κ3) is 5.12. The highest BCUT2D eigenvalue weighted by Crippen LogP contribution is 2.35. The van der Waals surface area contributed by atoms with Crippen LogP contribution in [-0.2, 0) is 4.74 Å². The van der Waals surface area contributed by atoms with E-state index in [9.17, 15) is 13.2 Å². The minimum Gasteiger partial charge on any atom is -0.431 e. The van der Waals surface area contributed by atoms with Crippen molar-refractivity contribution in [2.45, 2.75) is 11.4 Å².